The smallest absolute Gasteiger partial charge is 0.122 e. The van der Waals surface area contributed by atoms with E-state index in [1.807, 2.05) is 6.07 Å². The summed E-state index contributed by atoms with van der Waals surface area (Å²) in [6, 6.07) is 5.39. The van der Waals surface area contributed by atoms with Gasteiger partial charge in [0, 0.05) is 11.3 Å². The van der Waals surface area contributed by atoms with E-state index in [1.165, 1.54) is 0 Å². The molecule has 2 N–H and O–H groups in total. The maximum Gasteiger partial charge on any atom is 0.122 e. The van der Waals surface area contributed by atoms with Gasteiger partial charge >= 0.3 is 0 Å². The zero-order valence-corrected chi connectivity index (χ0v) is 5.91. The molecule has 56 valence electrons. The molecule has 0 saturated heterocycles. The molecule has 0 aromatic heterocycles. The maximum atomic E-state index is 9.34. The average Bonchev–Trinajstić information content (AvgIpc) is 2.06. The summed E-state index contributed by atoms with van der Waals surface area (Å²) in [6.45, 7) is 0.564. The van der Waals surface area contributed by atoms with E-state index in [0.29, 0.717) is 12.3 Å². The lowest BCUT2D eigenvalue weighted by Gasteiger charge is -2.12. The number of hydrogen-bond acceptors (Lipinski definition) is 3. The van der Waals surface area contributed by atoms with E-state index in [0.717, 1.165) is 11.3 Å². The normalized spacial score (nSPS) is 13.8. The van der Waals surface area contributed by atoms with Crippen LogP contribution in [-0.4, -0.2) is 11.4 Å². The minimum Gasteiger partial charge on any atom is -0.508 e. The van der Waals surface area contributed by atoms with Crippen molar-refractivity contribution in [1.82, 2.24) is 0 Å². The van der Waals surface area contributed by atoms with Gasteiger partial charge in [-0.3, -0.25) is 4.99 Å². The van der Waals surface area contributed by atoms with Crippen molar-refractivity contribution >= 4 is 12.0 Å². The number of phenolic OH excluding ortho intramolecular Hbond substituents is 1. The number of aromatic hydroxyl groups is 1. The highest BCUT2D eigenvalue weighted by molar-refractivity contribution is 5.80. The van der Waals surface area contributed by atoms with Crippen LogP contribution < -0.4 is 5.32 Å². The molecule has 11 heavy (non-hydrogen) atoms. The summed E-state index contributed by atoms with van der Waals surface area (Å²) >= 11 is 0. The Labute approximate surface area is 64.4 Å². The van der Waals surface area contributed by atoms with Crippen LogP contribution in [0.4, 0.5) is 5.69 Å². The Balaban J connectivity index is 2.54. The molecule has 0 unspecified atom stereocenters. The monoisotopic (exact) mass is 148 g/mol. The molecule has 0 spiro atoms. The van der Waals surface area contributed by atoms with Gasteiger partial charge in [0.15, 0.2) is 0 Å². The van der Waals surface area contributed by atoms with E-state index in [-0.39, 0.29) is 0 Å². The van der Waals surface area contributed by atoms with Crippen LogP contribution >= 0.6 is 0 Å². The highest BCUT2D eigenvalue weighted by Crippen LogP contribution is 2.27. The Morgan fingerprint density at radius 2 is 2.36 bits per heavy atom. The highest BCUT2D eigenvalue weighted by atomic mass is 16.3. The summed E-state index contributed by atoms with van der Waals surface area (Å²) in [5.74, 6) is 0.312. The molecule has 3 heteroatoms. The number of rotatable bonds is 0. The largest absolute Gasteiger partial charge is 0.508 e. The fraction of sp³-hybridized carbons (Fsp3) is 0.125. The van der Waals surface area contributed by atoms with Crippen molar-refractivity contribution in [3.63, 3.8) is 0 Å². The molecule has 0 amide bonds. The van der Waals surface area contributed by atoms with Gasteiger partial charge in [0.05, 0.1) is 12.9 Å². The Kier molecular flexibility index (Phi) is 1.28. The molecular formula is C8H8N2O. The van der Waals surface area contributed by atoms with Crippen molar-refractivity contribution in [3.05, 3.63) is 23.8 Å². The molecule has 0 saturated carbocycles. The Morgan fingerprint density at radius 3 is 3.18 bits per heavy atom. The van der Waals surface area contributed by atoms with E-state index in [2.05, 4.69) is 10.3 Å². The van der Waals surface area contributed by atoms with Crippen LogP contribution in [-0.2, 0) is 6.54 Å². The molecular weight excluding hydrogens is 140 g/mol. The number of nitrogens with zero attached hydrogens (tertiary/aromatic N) is 1. The van der Waals surface area contributed by atoms with E-state index in [4.69, 9.17) is 0 Å². The SMILES string of the molecule is Oc1cccc2c1CN=CN2. The second-order valence-corrected chi connectivity index (χ2v) is 2.42. The molecule has 0 fully saturated rings. The number of anilines is 1. The zero-order valence-electron chi connectivity index (χ0n) is 5.91. The number of aliphatic imine (C=N–C) groups is 1. The minimum atomic E-state index is 0.312. The molecule has 0 aliphatic carbocycles. The van der Waals surface area contributed by atoms with Gasteiger partial charge in [0.25, 0.3) is 0 Å². The number of fused-ring (bicyclic) bond motifs is 1. The first-order valence-electron chi connectivity index (χ1n) is 3.43. The fourth-order valence-electron chi connectivity index (χ4n) is 1.13. The van der Waals surface area contributed by atoms with Gasteiger partial charge in [-0.15, -0.1) is 0 Å². The van der Waals surface area contributed by atoms with E-state index in [1.54, 1.807) is 18.5 Å². The third-order valence-corrected chi connectivity index (χ3v) is 1.71. The number of phenols is 1. The molecule has 0 bridgehead atoms. The minimum absolute atomic E-state index is 0.312. The summed E-state index contributed by atoms with van der Waals surface area (Å²) < 4.78 is 0. The molecule has 3 nitrogen and oxygen atoms in total. The van der Waals surface area contributed by atoms with Gasteiger partial charge in [-0.1, -0.05) is 6.07 Å². The van der Waals surface area contributed by atoms with Crippen LogP contribution in [0, 0.1) is 0 Å². The van der Waals surface area contributed by atoms with Gasteiger partial charge in [-0.2, -0.15) is 0 Å². The third-order valence-electron chi connectivity index (χ3n) is 1.71. The summed E-state index contributed by atoms with van der Waals surface area (Å²) in [7, 11) is 0. The van der Waals surface area contributed by atoms with E-state index < -0.39 is 0 Å². The van der Waals surface area contributed by atoms with Gasteiger partial charge in [0.1, 0.15) is 5.75 Å². The van der Waals surface area contributed by atoms with Gasteiger partial charge in [-0.25, -0.2) is 0 Å². The van der Waals surface area contributed by atoms with E-state index in [9.17, 15) is 5.11 Å². The Morgan fingerprint density at radius 1 is 1.45 bits per heavy atom. The average molecular weight is 148 g/mol. The molecule has 1 heterocycles. The summed E-state index contributed by atoms with van der Waals surface area (Å²) in [5, 5.41) is 12.3. The van der Waals surface area contributed by atoms with Crippen LogP contribution in [0.1, 0.15) is 5.56 Å². The predicted octanol–water partition coefficient (Wildman–Crippen LogP) is 1.35. The van der Waals surface area contributed by atoms with Gasteiger partial charge in [-0.05, 0) is 12.1 Å². The van der Waals surface area contributed by atoms with E-state index >= 15 is 0 Å². The quantitative estimate of drug-likeness (QED) is 0.583. The number of hydrogen-bond donors (Lipinski definition) is 2. The summed E-state index contributed by atoms with van der Waals surface area (Å²) in [5.41, 5.74) is 1.81. The van der Waals surface area contributed by atoms with Crippen LogP contribution in [0.5, 0.6) is 5.75 Å². The first-order chi connectivity index (χ1) is 5.38. The molecule has 1 aliphatic rings. The highest BCUT2D eigenvalue weighted by Gasteiger charge is 2.07. The zero-order chi connectivity index (χ0) is 7.68. The second kappa shape index (κ2) is 2.27. The van der Waals surface area contributed by atoms with Crippen LogP contribution in [0.25, 0.3) is 0 Å². The maximum absolute atomic E-state index is 9.34. The van der Waals surface area contributed by atoms with Crippen molar-refractivity contribution in [2.45, 2.75) is 6.54 Å². The van der Waals surface area contributed by atoms with Crippen molar-refractivity contribution < 1.29 is 5.11 Å². The molecule has 0 radical (unpaired) electrons. The molecule has 1 aromatic rings. The number of benzene rings is 1. The van der Waals surface area contributed by atoms with Crippen molar-refractivity contribution in [1.29, 1.82) is 0 Å². The lowest BCUT2D eigenvalue weighted by atomic mass is 10.1. The van der Waals surface area contributed by atoms with Gasteiger partial charge < -0.3 is 10.4 Å². The van der Waals surface area contributed by atoms with Crippen molar-refractivity contribution in [2.24, 2.45) is 4.99 Å². The van der Waals surface area contributed by atoms with Gasteiger partial charge in [0.2, 0.25) is 0 Å². The molecule has 2 rings (SSSR count). The Bertz CT molecular complexity index is 307. The van der Waals surface area contributed by atoms with Crippen molar-refractivity contribution in [2.75, 3.05) is 5.32 Å². The summed E-state index contributed by atoms with van der Waals surface area (Å²) in [6.07, 6.45) is 1.64. The number of nitrogens with one attached hydrogen (secondary N) is 1. The summed E-state index contributed by atoms with van der Waals surface area (Å²) in [4.78, 5) is 3.98. The topological polar surface area (TPSA) is 44.6 Å². The Hall–Kier alpha value is -1.51. The lowest BCUT2D eigenvalue weighted by molar-refractivity contribution is 0.469. The van der Waals surface area contributed by atoms with Crippen LogP contribution in [0.3, 0.4) is 0 Å². The van der Waals surface area contributed by atoms with Crippen LogP contribution in [0.15, 0.2) is 23.2 Å². The predicted molar refractivity (Wildman–Crippen MR) is 43.9 cm³/mol. The third kappa shape index (κ3) is 0.941. The van der Waals surface area contributed by atoms with Crippen LogP contribution in [0.2, 0.25) is 0 Å². The molecule has 1 aromatic carbocycles. The first-order valence-corrected chi connectivity index (χ1v) is 3.43. The standard InChI is InChI=1S/C8H8N2O/c11-8-3-1-2-7-6(8)4-9-5-10-7/h1-3,5,11H,4H2,(H,9,10). The van der Waals surface area contributed by atoms with Crippen molar-refractivity contribution in [3.8, 4) is 5.75 Å². The molecule has 1 aliphatic heterocycles. The lowest BCUT2D eigenvalue weighted by Crippen LogP contribution is -2.04. The second-order valence-electron chi connectivity index (χ2n) is 2.42. The fourth-order valence-corrected chi connectivity index (χ4v) is 1.13. The first kappa shape index (κ1) is 6.22. The molecule has 0 atom stereocenters.